The number of amides is 1. The molecule has 33 heavy (non-hydrogen) atoms. The average Bonchev–Trinajstić information content (AvgIpc) is 3.29. The van der Waals surface area contributed by atoms with Crippen molar-refractivity contribution in [2.45, 2.75) is 23.8 Å². The molecule has 1 aliphatic heterocycles. The summed E-state index contributed by atoms with van der Waals surface area (Å²) in [5.41, 5.74) is 0.964. The monoisotopic (exact) mass is 490 g/mol. The predicted octanol–water partition coefficient (Wildman–Crippen LogP) is 5.18. The number of rotatable bonds is 6. The van der Waals surface area contributed by atoms with Crippen LogP contribution >= 0.6 is 11.6 Å². The van der Waals surface area contributed by atoms with Gasteiger partial charge in [0.05, 0.1) is 11.7 Å². The van der Waals surface area contributed by atoms with E-state index in [0.717, 1.165) is 28.4 Å². The molecule has 0 aliphatic carbocycles. The Kier molecular flexibility index (Phi) is 6.67. The molecule has 5 nitrogen and oxygen atoms in total. The zero-order chi connectivity index (χ0) is 23.6. The van der Waals surface area contributed by atoms with E-state index in [9.17, 15) is 22.0 Å². The lowest BCUT2D eigenvalue weighted by Gasteiger charge is -2.30. The fourth-order valence-corrected chi connectivity index (χ4v) is 5.61. The molecule has 1 heterocycles. The Morgan fingerprint density at radius 3 is 2.33 bits per heavy atom. The van der Waals surface area contributed by atoms with Crippen molar-refractivity contribution in [3.8, 4) is 0 Å². The molecule has 0 saturated carbocycles. The van der Waals surface area contributed by atoms with Gasteiger partial charge in [0.2, 0.25) is 5.91 Å². The normalized spacial score (nSPS) is 16.1. The maximum Gasteiger partial charge on any atom is 0.267 e. The van der Waals surface area contributed by atoms with Crippen LogP contribution in [0, 0.1) is 11.6 Å². The van der Waals surface area contributed by atoms with Crippen LogP contribution in [0.4, 0.5) is 14.5 Å². The Hall–Kier alpha value is -2.97. The van der Waals surface area contributed by atoms with Gasteiger partial charge in [-0.3, -0.25) is 9.10 Å². The third-order valence-electron chi connectivity index (χ3n) is 5.63. The second-order valence-corrected chi connectivity index (χ2v) is 9.98. The molecule has 4 rings (SSSR count). The largest absolute Gasteiger partial charge is 0.334 e. The molecule has 1 atom stereocenters. The molecule has 1 saturated heterocycles. The first-order chi connectivity index (χ1) is 15.8. The van der Waals surface area contributed by atoms with Crippen molar-refractivity contribution in [3.63, 3.8) is 0 Å². The van der Waals surface area contributed by atoms with Crippen molar-refractivity contribution in [1.29, 1.82) is 0 Å². The Balaban J connectivity index is 1.68. The average molecular weight is 491 g/mol. The van der Waals surface area contributed by atoms with Gasteiger partial charge in [0.1, 0.15) is 23.1 Å². The summed E-state index contributed by atoms with van der Waals surface area (Å²) in [4.78, 5) is 14.4. The number of likely N-dealkylation sites (tertiary alicyclic amines) is 1. The van der Waals surface area contributed by atoms with Crippen LogP contribution in [0.15, 0.2) is 77.7 Å². The quantitative estimate of drug-likeness (QED) is 0.478. The maximum absolute atomic E-state index is 14.4. The number of hydrogen-bond donors (Lipinski definition) is 0. The second-order valence-electron chi connectivity index (χ2n) is 7.72. The zero-order valence-electron chi connectivity index (χ0n) is 17.5. The van der Waals surface area contributed by atoms with Gasteiger partial charge in [-0.1, -0.05) is 35.9 Å². The minimum absolute atomic E-state index is 0.188. The highest BCUT2D eigenvalue weighted by Crippen LogP contribution is 2.33. The summed E-state index contributed by atoms with van der Waals surface area (Å²) >= 11 is 5.95. The second kappa shape index (κ2) is 9.49. The summed E-state index contributed by atoms with van der Waals surface area (Å²) in [6.45, 7) is -0.0783. The van der Waals surface area contributed by atoms with Gasteiger partial charge in [0.15, 0.2) is 0 Å². The zero-order valence-corrected chi connectivity index (χ0v) is 19.1. The Morgan fingerprint density at radius 2 is 1.67 bits per heavy atom. The first-order valence-corrected chi connectivity index (χ1v) is 12.2. The van der Waals surface area contributed by atoms with Crippen molar-refractivity contribution < 1.29 is 22.0 Å². The van der Waals surface area contributed by atoms with Crippen LogP contribution in [-0.4, -0.2) is 32.3 Å². The van der Waals surface area contributed by atoms with E-state index < -0.39 is 33.2 Å². The van der Waals surface area contributed by atoms with E-state index >= 15 is 0 Å². The lowest BCUT2D eigenvalue weighted by atomic mass is 10.0. The van der Waals surface area contributed by atoms with E-state index in [1.165, 1.54) is 48.5 Å². The summed E-state index contributed by atoms with van der Waals surface area (Å²) < 4.78 is 55.5. The van der Waals surface area contributed by atoms with Crippen LogP contribution in [-0.2, 0) is 14.8 Å². The van der Waals surface area contributed by atoms with Crippen molar-refractivity contribution in [3.05, 3.63) is 95.0 Å². The van der Waals surface area contributed by atoms with Crippen molar-refractivity contribution in [2.24, 2.45) is 0 Å². The van der Waals surface area contributed by atoms with Crippen LogP contribution in [0.5, 0.6) is 0 Å². The van der Waals surface area contributed by atoms with E-state index in [0.29, 0.717) is 18.0 Å². The minimum atomic E-state index is -4.39. The third-order valence-corrected chi connectivity index (χ3v) is 7.69. The molecule has 172 valence electrons. The molecule has 0 N–H and O–H groups in total. The number of carbonyl (C=O) groups is 1. The van der Waals surface area contributed by atoms with E-state index in [4.69, 9.17) is 11.6 Å². The molecule has 1 aliphatic rings. The topological polar surface area (TPSA) is 57.7 Å². The van der Waals surface area contributed by atoms with Gasteiger partial charge in [0.25, 0.3) is 10.0 Å². The van der Waals surface area contributed by atoms with Crippen LogP contribution in [0.25, 0.3) is 0 Å². The molecule has 0 spiro atoms. The lowest BCUT2D eigenvalue weighted by molar-refractivity contribution is -0.130. The summed E-state index contributed by atoms with van der Waals surface area (Å²) in [5, 5.41) is 0.393. The molecular weight excluding hydrogens is 470 g/mol. The summed E-state index contributed by atoms with van der Waals surface area (Å²) in [5.74, 6) is -1.72. The highest BCUT2D eigenvalue weighted by Gasteiger charge is 2.35. The van der Waals surface area contributed by atoms with Crippen LogP contribution in [0.2, 0.25) is 5.02 Å². The number of halogens is 3. The molecule has 1 fully saturated rings. The molecule has 3 aromatic carbocycles. The van der Waals surface area contributed by atoms with E-state index in [1.807, 2.05) is 0 Å². The number of anilines is 1. The third kappa shape index (κ3) is 4.86. The summed E-state index contributed by atoms with van der Waals surface area (Å²) in [7, 11) is -4.39. The van der Waals surface area contributed by atoms with Gasteiger partial charge in [0, 0.05) is 11.6 Å². The van der Waals surface area contributed by atoms with E-state index in [1.54, 1.807) is 17.0 Å². The first-order valence-electron chi connectivity index (χ1n) is 10.3. The fourth-order valence-electron chi connectivity index (χ4n) is 4.01. The maximum atomic E-state index is 14.4. The summed E-state index contributed by atoms with van der Waals surface area (Å²) in [6, 6.07) is 16.6. The van der Waals surface area contributed by atoms with Crippen molar-refractivity contribution >= 4 is 33.2 Å². The smallest absolute Gasteiger partial charge is 0.267 e. The molecule has 0 radical (unpaired) electrons. The molecule has 0 aromatic heterocycles. The number of carbonyl (C=O) groups excluding carboxylic acids is 1. The predicted molar refractivity (Wildman–Crippen MR) is 122 cm³/mol. The van der Waals surface area contributed by atoms with Gasteiger partial charge in [-0.05, 0) is 66.9 Å². The number of nitrogens with zero attached hydrogens (tertiary/aromatic N) is 2. The van der Waals surface area contributed by atoms with Crippen LogP contribution in [0.1, 0.15) is 24.4 Å². The van der Waals surface area contributed by atoms with Gasteiger partial charge in [-0.2, -0.15) is 0 Å². The molecule has 1 unspecified atom stereocenters. The van der Waals surface area contributed by atoms with Crippen LogP contribution < -0.4 is 4.31 Å². The van der Waals surface area contributed by atoms with Crippen molar-refractivity contribution in [1.82, 2.24) is 4.90 Å². The van der Waals surface area contributed by atoms with E-state index in [-0.39, 0.29) is 17.5 Å². The molecule has 1 amide bonds. The number of hydrogen-bond acceptors (Lipinski definition) is 3. The van der Waals surface area contributed by atoms with Crippen LogP contribution in [0.3, 0.4) is 0 Å². The molecular formula is C24H21ClF2N2O3S. The van der Waals surface area contributed by atoms with Crippen molar-refractivity contribution in [2.75, 3.05) is 17.4 Å². The van der Waals surface area contributed by atoms with Gasteiger partial charge in [-0.15, -0.1) is 0 Å². The molecule has 3 aromatic rings. The minimum Gasteiger partial charge on any atom is -0.334 e. The Bertz CT molecular complexity index is 1250. The standard InChI is InChI=1S/C24H21ClF2N2O3S/c25-18-9-13-20(14-10-18)29(33(31,32)23-6-2-1-4-21(23)27)16-24(30)28-15-3-5-22(28)17-7-11-19(26)12-8-17/h1-2,4,6-14,22H,3,5,15-16H2. The highest BCUT2D eigenvalue weighted by atomic mass is 35.5. The summed E-state index contributed by atoms with van der Waals surface area (Å²) in [6.07, 6.45) is 1.41. The molecule has 9 heteroatoms. The number of benzene rings is 3. The Labute approximate surface area is 196 Å². The fraction of sp³-hybridized carbons (Fsp3) is 0.208. The van der Waals surface area contributed by atoms with E-state index in [2.05, 4.69) is 0 Å². The van der Waals surface area contributed by atoms with Gasteiger partial charge >= 0.3 is 0 Å². The first kappa shape index (κ1) is 23.2. The van der Waals surface area contributed by atoms with Gasteiger partial charge in [-0.25, -0.2) is 17.2 Å². The lowest BCUT2D eigenvalue weighted by Crippen LogP contribution is -2.43. The highest BCUT2D eigenvalue weighted by molar-refractivity contribution is 7.92. The SMILES string of the molecule is O=C(CN(c1ccc(Cl)cc1)S(=O)(=O)c1ccccc1F)N1CCCC1c1ccc(F)cc1. The molecule has 0 bridgehead atoms. The Morgan fingerprint density at radius 1 is 1.00 bits per heavy atom. The number of sulfonamides is 1. The van der Waals surface area contributed by atoms with Gasteiger partial charge < -0.3 is 4.90 Å².